The van der Waals surface area contributed by atoms with Crippen LogP contribution in [0.5, 0.6) is 0 Å². The van der Waals surface area contributed by atoms with Crippen molar-refractivity contribution in [1.29, 1.82) is 5.41 Å². The van der Waals surface area contributed by atoms with Gasteiger partial charge in [-0.25, -0.2) is 4.98 Å². The smallest absolute Gasteiger partial charge is 0.166 e. The summed E-state index contributed by atoms with van der Waals surface area (Å²) in [5.41, 5.74) is 9.43. The number of H-pyrrole nitrogens is 1. The maximum absolute atomic E-state index is 7.59. The molecule has 0 radical (unpaired) electrons. The average Bonchev–Trinajstić information content (AvgIpc) is 2.88. The summed E-state index contributed by atoms with van der Waals surface area (Å²) in [4.78, 5) is 7.81. The molecule has 0 bridgehead atoms. The van der Waals surface area contributed by atoms with Crippen LogP contribution in [0.25, 0.3) is 11.0 Å². The van der Waals surface area contributed by atoms with Crippen LogP contribution in [0.3, 0.4) is 0 Å². The minimum atomic E-state index is 0.103. The Bertz CT molecular complexity index is 730. The van der Waals surface area contributed by atoms with Gasteiger partial charge in [0.2, 0.25) is 0 Å². The summed E-state index contributed by atoms with van der Waals surface area (Å²) in [6.07, 6.45) is 0. The maximum atomic E-state index is 7.59. The zero-order chi connectivity index (χ0) is 13.9. The molecule has 0 saturated carbocycles. The molecule has 4 N–H and O–H groups in total. The Hall–Kier alpha value is -2.27. The number of aromatic amines is 1. The second kappa shape index (κ2) is 5.38. The lowest BCUT2D eigenvalue weighted by molar-refractivity contribution is 1.08. The van der Waals surface area contributed by atoms with E-state index in [9.17, 15) is 0 Å². The molecule has 3 aromatic rings. The van der Waals surface area contributed by atoms with Gasteiger partial charge in [-0.1, -0.05) is 48.2 Å². The molecule has 3 rings (SSSR count). The largest absolute Gasteiger partial charge is 0.384 e. The minimum Gasteiger partial charge on any atom is -0.384 e. The fraction of sp³-hybridized carbons (Fsp3) is 0.0667. The standard InChI is InChI=1S/C15H14N4S/c16-14(17)11-6-2-1-5-10(11)9-20-15-18-12-7-3-4-8-13(12)19-15/h1-8H,9H2,(H3,16,17)(H,18,19). The van der Waals surface area contributed by atoms with Crippen molar-refractivity contribution in [2.24, 2.45) is 5.73 Å². The first kappa shape index (κ1) is 12.7. The molecule has 0 unspecified atom stereocenters. The molecule has 1 aromatic heterocycles. The second-order valence-electron chi connectivity index (χ2n) is 4.42. The third kappa shape index (κ3) is 2.53. The number of thioether (sulfide) groups is 1. The highest BCUT2D eigenvalue weighted by Gasteiger charge is 2.07. The van der Waals surface area contributed by atoms with E-state index in [1.54, 1.807) is 11.8 Å². The Labute approximate surface area is 120 Å². The lowest BCUT2D eigenvalue weighted by Crippen LogP contribution is -2.13. The molecule has 0 saturated heterocycles. The maximum Gasteiger partial charge on any atom is 0.166 e. The zero-order valence-electron chi connectivity index (χ0n) is 10.8. The van der Waals surface area contributed by atoms with Crippen LogP contribution in [-0.4, -0.2) is 15.8 Å². The van der Waals surface area contributed by atoms with Crippen LogP contribution in [0.1, 0.15) is 11.1 Å². The molecular formula is C15H14N4S. The molecule has 5 heteroatoms. The number of benzene rings is 2. The predicted octanol–water partition coefficient (Wildman–Crippen LogP) is 3.14. The SMILES string of the molecule is N=C(N)c1ccccc1CSc1nc2ccccc2[nH]1. The van der Waals surface area contributed by atoms with Crippen molar-refractivity contribution >= 4 is 28.6 Å². The van der Waals surface area contributed by atoms with E-state index in [0.29, 0.717) is 0 Å². The highest BCUT2D eigenvalue weighted by atomic mass is 32.2. The number of nitrogen functional groups attached to an aromatic ring is 1. The zero-order valence-corrected chi connectivity index (χ0v) is 11.6. The molecule has 100 valence electrons. The van der Waals surface area contributed by atoms with Gasteiger partial charge < -0.3 is 10.7 Å². The van der Waals surface area contributed by atoms with Crippen LogP contribution >= 0.6 is 11.8 Å². The van der Waals surface area contributed by atoms with Crippen molar-refractivity contribution < 1.29 is 0 Å². The van der Waals surface area contributed by atoms with E-state index in [-0.39, 0.29) is 5.84 Å². The number of hydrogen-bond acceptors (Lipinski definition) is 3. The average molecular weight is 282 g/mol. The molecule has 1 heterocycles. The van der Waals surface area contributed by atoms with E-state index in [4.69, 9.17) is 11.1 Å². The van der Waals surface area contributed by atoms with Gasteiger partial charge in [0.25, 0.3) is 0 Å². The van der Waals surface area contributed by atoms with E-state index in [0.717, 1.165) is 33.1 Å². The molecule has 0 spiro atoms. The van der Waals surface area contributed by atoms with Crippen LogP contribution in [0.4, 0.5) is 0 Å². The highest BCUT2D eigenvalue weighted by molar-refractivity contribution is 7.98. The minimum absolute atomic E-state index is 0.103. The number of nitrogens with one attached hydrogen (secondary N) is 2. The number of aromatic nitrogens is 2. The number of rotatable bonds is 4. The summed E-state index contributed by atoms with van der Waals surface area (Å²) < 4.78 is 0. The first-order valence-electron chi connectivity index (χ1n) is 6.24. The van der Waals surface area contributed by atoms with Gasteiger partial charge in [-0.05, 0) is 17.7 Å². The Morgan fingerprint density at radius 2 is 1.90 bits per heavy atom. The van der Waals surface area contributed by atoms with Crippen molar-refractivity contribution in [2.45, 2.75) is 10.9 Å². The molecule has 0 amide bonds. The number of nitrogens with zero attached hydrogens (tertiary/aromatic N) is 1. The number of para-hydroxylation sites is 2. The van der Waals surface area contributed by atoms with Crippen LogP contribution in [0, 0.1) is 5.41 Å². The predicted molar refractivity (Wildman–Crippen MR) is 83.1 cm³/mol. The summed E-state index contributed by atoms with van der Waals surface area (Å²) in [5, 5.41) is 8.47. The van der Waals surface area contributed by atoms with Gasteiger partial charge in [-0.3, -0.25) is 5.41 Å². The lowest BCUT2D eigenvalue weighted by Gasteiger charge is -2.06. The van der Waals surface area contributed by atoms with E-state index >= 15 is 0 Å². The van der Waals surface area contributed by atoms with Crippen LogP contribution in [0.15, 0.2) is 53.7 Å². The van der Waals surface area contributed by atoms with E-state index in [1.165, 1.54) is 0 Å². The van der Waals surface area contributed by atoms with Crippen LogP contribution in [0.2, 0.25) is 0 Å². The van der Waals surface area contributed by atoms with Crippen LogP contribution < -0.4 is 5.73 Å². The Kier molecular flexibility index (Phi) is 3.43. The van der Waals surface area contributed by atoms with E-state index < -0.39 is 0 Å². The lowest BCUT2D eigenvalue weighted by atomic mass is 10.1. The summed E-state index contributed by atoms with van der Waals surface area (Å²) in [6, 6.07) is 15.7. The van der Waals surface area contributed by atoms with Gasteiger partial charge in [0, 0.05) is 11.3 Å². The molecule has 2 aromatic carbocycles. The summed E-state index contributed by atoms with van der Waals surface area (Å²) >= 11 is 1.61. The molecule has 4 nitrogen and oxygen atoms in total. The first-order chi connectivity index (χ1) is 9.74. The number of fused-ring (bicyclic) bond motifs is 1. The van der Waals surface area contributed by atoms with Gasteiger partial charge in [0.1, 0.15) is 5.84 Å². The number of imidazole rings is 1. The normalized spacial score (nSPS) is 10.8. The molecule has 0 aliphatic carbocycles. The van der Waals surface area contributed by atoms with Crippen molar-refractivity contribution in [3.05, 3.63) is 59.7 Å². The third-order valence-electron chi connectivity index (χ3n) is 3.04. The first-order valence-corrected chi connectivity index (χ1v) is 7.22. The van der Waals surface area contributed by atoms with Gasteiger partial charge >= 0.3 is 0 Å². The Morgan fingerprint density at radius 3 is 2.70 bits per heavy atom. The molecule has 0 aliphatic rings. The number of nitrogens with two attached hydrogens (primary N) is 1. The highest BCUT2D eigenvalue weighted by Crippen LogP contribution is 2.24. The molecule has 0 aliphatic heterocycles. The fourth-order valence-electron chi connectivity index (χ4n) is 2.05. The van der Waals surface area contributed by atoms with Crippen molar-refractivity contribution in [3.63, 3.8) is 0 Å². The molecule has 0 fully saturated rings. The van der Waals surface area contributed by atoms with E-state index in [2.05, 4.69) is 9.97 Å². The summed E-state index contributed by atoms with van der Waals surface area (Å²) in [5.74, 6) is 0.834. The van der Waals surface area contributed by atoms with Crippen LogP contribution in [-0.2, 0) is 5.75 Å². The van der Waals surface area contributed by atoms with Crippen molar-refractivity contribution in [1.82, 2.24) is 9.97 Å². The monoisotopic (exact) mass is 282 g/mol. The molecular weight excluding hydrogens is 268 g/mol. The fourth-order valence-corrected chi connectivity index (χ4v) is 2.94. The van der Waals surface area contributed by atoms with Crippen molar-refractivity contribution in [3.8, 4) is 0 Å². The van der Waals surface area contributed by atoms with Gasteiger partial charge in [-0.15, -0.1) is 0 Å². The quantitative estimate of drug-likeness (QED) is 0.391. The third-order valence-corrected chi connectivity index (χ3v) is 3.96. The summed E-state index contributed by atoms with van der Waals surface area (Å²) in [7, 11) is 0. The Balaban J connectivity index is 1.81. The second-order valence-corrected chi connectivity index (χ2v) is 5.38. The van der Waals surface area contributed by atoms with Gasteiger partial charge in [0.15, 0.2) is 5.16 Å². The van der Waals surface area contributed by atoms with E-state index in [1.807, 2.05) is 48.5 Å². The van der Waals surface area contributed by atoms with Crippen molar-refractivity contribution in [2.75, 3.05) is 0 Å². The molecule has 0 atom stereocenters. The number of hydrogen-bond donors (Lipinski definition) is 3. The summed E-state index contributed by atoms with van der Waals surface area (Å²) in [6.45, 7) is 0. The Morgan fingerprint density at radius 1 is 1.15 bits per heavy atom. The van der Waals surface area contributed by atoms with Gasteiger partial charge in [0.05, 0.1) is 11.0 Å². The number of amidine groups is 1. The van der Waals surface area contributed by atoms with Gasteiger partial charge in [-0.2, -0.15) is 0 Å². The topological polar surface area (TPSA) is 78.6 Å². The molecule has 20 heavy (non-hydrogen) atoms.